The lowest BCUT2D eigenvalue weighted by atomic mass is 10.0. The molecular formula is C15H18N4S2. The average Bonchev–Trinajstić information content (AvgIpc) is 2.79. The Kier molecular flexibility index (Phi) is 3.91. The highest BCUT2D eigenvalue weighted by atomic mass is 32.1. The van der Waals surface area contributed by atoms with Gasteiger partial charge in [-0.25, -0.2) is 9.97 Å². The van der Waals surface area contributed by atoms with Crippen LogP contribution in [-0.2, 0) is 12.8 Å². The summed E-state index contributed by atoms with van der Waals surface area (Å²) in [6.07, 6.45) is 4.71. The van der Waals surface area contributed by atoms with Gasteiger partial charge in [0.15, 0.2) is 5.13 Å². The van der Waals surface area contributed by atoms with E-state index < -0.39 is 0 Å². The van der Waals surface area contributed by atoms with Gasteiger partial charge in [-0.15, -0.1) is 11.3 Å². The monoisotopic (exact) mass is 318 g/mol. The number of anilines is 2. The van der Waals surface area contributed by atoms with E-state index >= 15 is 0 Å². The van der Waals surface area contributed by atoms with Crippen LogP contribution in [0.15, 0.2) is 6.07 Å². The molecule has 110 valence electrons. The van der Waals surface area contributed by atoms with Crippen molar-refractivity contribution in [3.05, 3.63) is 33.5 Å². The first kappa shape index (κ1) is 14.4. The van der Waals surface area contributed by atoms with Crippen molar-refractivity contribution in [2.75, 3.05) is 5.32 Å². The van der Waals surface area contributed by atoms with Crippen LogP contribution < -0.4 is 11.1 Å². The number of aryl methyl sites for hydroxylation is 4. The summed E-state index contributed by atoms with van der Waals surface area (Å²) in [6.45, 7) is 3.97. The van der Waals surface area contributed by atoms with Gasteiger partial charge in [-0.2, -0.15) is 0 Å². The Morgan fingerprint density at radius 3 is 2.76 bits per heavy atom. The van der Waals surface area contributed by atoms with Gasteiger partial charge in [0, 0.05) is 10.6 Å². The molecule has 2 aromatic rings. The molecule has 2 aromatic heterocycles. The minimum absolute atomic E-state index is 0.365. The minimum Gasteiger partial charge on any atom is -0.389 e. The molecular weight excluding hydrogens is 300 g/mol. The Balaban J connectivity index is 1.97. The van der Waals surface area contributed by atoms with Crippen LogP contribution >= 0.6 is 23.6 Å². The van der Waals surface area contributed by atoms with E-state index in [9.17, 15) is 0 Å². The fourth-order valence-corrected chi connectivity index (χ4v) is 4.05. The van der Waals surface area contributed by atoms with E-state index in [4.69, 9.17) is 18.0 Å². The lowest BCUT2D eigenvalue weighted by molar-refractivity contribution is 0.683. The largest absolute Gasteiger partial charge is 0.389 e. The summed E-state index contributed by atoms with van der Waals surface area (Å²) in [6, 6.07) is 1.99. The van der Waals surface area contributed by atoms with Crippen LogP contribution in [0.25, 0.3) is 0 Å². The second-order valence-electron chi connectivity index (χ2n) is 5.39. The maximum atomic E-state index is 5.85. The van der Waals surface area contributed by atoms with E-state index in [1.165, 1.54) is 23.4 Å². The normalized spacial score (nSPS) is 13.8. The summed E-state index contributed by atoms with van der Waals surface area (Å²) >= 11 is 6.88. The molecule has 0 saturated heterocycles. The van der Waals surface area contributed by atoms with Crippen LogP contribution in [0.2, 0.25) is 0 Å². The summed E-state index contributed by atoms with van der Waals surface area (Å²) in [7, 11) is 0. The van der Waals surface area contributed by atoms with Crippen LogP contribution in [0.5, 0.6) is 0 Å². The van der Waals surface area contributed by atoms with Crippen molar-refractivity contribution >= 4 is 39.5 Å². The van der Waals surface area contributed by atoms with Crippen LogP contribution in [0.4, 0.5) is 10.9 Å². The van der Waals surface area contributed by atoms with Gasteiger partial charge < -0.3 is 11.1 Å². The van der Waals surface area contributed by atoms with Crippen LogP contribution in [0.1, 0.15) is 40.2 Å². The number of fused-ring (bicyclic) bond motifs is 1. The number of nitrogens with two attached hydrogens (primary N) is 1. The molecule has 0 aromatic carbocycles. The lowest BCUT2D eigenvalue weighted by Gasteiger charge is -2.12. The van der Waals surface area contributed by atoms with Crippen molar-refractivity contribution in [1.29, 1.82) is 0 Å². The lowest BCUT2D eigenvalue weighted by Crippen LogP contribution is -2.15. The molecule has 0 spiro atoms. The molecule has 0 amide bonds. The van der Waals surface area contributed by atoms with Gasteiger partial charge >= 0.3 is 0 Å². The summed E-state index contributed by atoms with van der Waals surface area (Å²) < 4.78 is 0. The van der Waals surface area contributed by atoms with Crippen LogP contribution in [-0.4, -0.2) is 15.0 Å². The fourth-order valence-electron chi connectivity index (χ4n) is 2.75. The van der Waals surface area contributed by atoms with Gasteiger partial charge in [0.05, 0.1) is 11.3 Å². The highest BCUT2D eigenvalue weighted by Crippen LogP contribution is 2.32. The summed E-state index contributed by atoms with van der Waals surface area (Å²) in [5, 5.41) is 4.21. The number of rotatable bonds is 3. The summed E-state index contributed by atoms with van der Waals surface area (Å²) in [4.78, 5) is 11.0. The summed E-state index contributed by atoms with van der Waals surface area (Å²) in [5.41, 5.74) is 9.87. The zero-order valence-corrected chi connectivity index (χ0v) is 13.8. The molecule has 0 bridgehead atoms. The molecule has 3 rings (SSSR count). The van der Waals surface area contributed by atoms with E-state index in [2.05, 4.69) is 15.3 Å². The molecule has 0 atom stereocenters. The molecule has 1 aliphatic carbocycles. The third-order valence-corrected chi connectivity index (χ3v) is 4.94. The molecule has 3 N–H and O–H groups in total. The highest BCUT2D eigenvalue weighted by Gasteiger charge is 2.17. The number of pyridine rings is 1. The molecule has 4 nitrogen and oxygen atoms in total. The Morgan fingerprint density at radius 2 is 2.05 bits per heavy atom. The Bertz CT molecular complexity index is 682. The van der Waals surface area contributed by atoms with Crippen molar-refractivity contribution in [1.82, 2.24) is 9.97 Å². The first-order valence-corrected chi connectivity index (χ1v) is 8.30. The van der Waals surface area contributed by atoms with E-state index in [1.54, 1.807) is 11.3 Å². The Hall–Kier alpha value is -1.53. The predicted octanol–water partition coefficient (Wildman–Crippen LogP) is 3.41. The number of hydrogen-bond donors (Lipinski definition) is 2. The molecule has 21 heavy (non-hydrogen) atoms. The number of thiazole rings is 1. The van der Waals surface area contributed by atoms with Crippen molar-refractivity contribution in [3.8, 4) is 0 Å². The third kappa shape index (κ3) is 2.91. The number of aromatic nitrogens is 2. The number of nitrogens with one attached hydrogen (secondary N) is 1. The Labute approximate surface area is 133 Å². The van der Waals surface area contributed by atoms with Gasteiger partial charge in [0.25, 0.3) is 0 Å². The first-order valence-electron chi connectivity index (χ1n) is 7.08. The number of hydrogen-bond acceptors (Lipinski definition) is 5. The summed E-state index contributed by atoms with van der Waals surface area (Å²) in [5.74, 6) is 0.714. The second kappa shape index (κ2) is 5.69. The number of nitrogens with zero attached hydrogens (tertiary/aromatic N) is 2. The van der Waals surface area contributed by atoms with E-state index in [0.717, 1.165) is 34.8 Å². The zero-order chi connectivity index (χ0) is 15.0. The van der Waals surface area contributed by atoms with Gasteiger partial charge in [0.1, 0.15) is 10.8 Å². The van der Waals surface area contributed by atoms with E-state index in [-0.39, 0.29) is 0 Å². The predicted molar refractivity (Wildman–Crippen MR) is 91.6 cm³/mol. The topological polar surface area (TPSA) is 63.8 Å². The fraction of sp³-hybridized carbons (Fsp3) is 0.400. The average molecular weight is 318 g/mol. The van der Waals surface area contributed by atoms with Gasteiger partial charge in [0.2, 0.25) is 0 Å². The maximum absolute atomic E-state index is 5.85. The second-order valence-corrected chi connectivity index (χ2v) is 6.91. The van der Waals surface area contributed by atoms with Crippen molar-refractivity contribution in [2.45, 2.75) is 39.5 Å². The molecule has 6 heteroatoms. The van der Waals surface area contributed by atoms with E-state index in [0.29, 0.717) is 10.8 Å². The van der Waals surface area contributed by atoms with Gasteiger partial charge in [-0.3, -0.25) is 0 Å². The minimum atomic E-state index is 0.365. The van der Waals surface area contributed by atoms with Gasteiger partial charge in [-0.1, -0.05) is 12.2 Å². The third-order valence-electron chi connectivity index (χ3n) is 3.66. The molecule has 0 unspecified atom stereocenters. The number of thiocarbonyl (C=S) groups is 1. The van der Waals surface area contributed by atoms with E-state index in [1.807, 2.05) is 19.9 Å². The Morgan fingerprint density at radius 1 is 1.29 bits per heavy atom. The van der Waals surface area contributed by atoms with Crippen LogP contribution in [0, 0.1) is 13.8 Å². The first-order chi connectivity index (χ1) is 10.0. The van der Waals surface area contributed by atoms with Crippen molar-refractivity contribution in [2.24, 2.45) is 5.73 Å². The molecule has 0 saturated carbocycles. The van der Waals surface area contributed by atoms with Gasteiger partial charge in [-0.05, 0) is 51.2 Å². The van der Waals surface area contributed by atoms with Crippen molar-refractivity contribution < 1.29 is 0 Å². The molecule has 0 radical (unpaired) electrons. The SMILES string of the molecule is Cc1cc(C)c(C(N)=S)c(Nc2nc3c(s2)CCCC3)n1. The maximum Gasteiger partial charge on any atom is 0.188 e. The van der Waals surface area contributed by atoms with Crippen LogP contribution in [0.3, 0.4) is 0 Å². The zero-order valence-electron chi connectivity index (χ0n) is 12.2. The molecule has 0 aliphatic heterocycles. The smallest absolute Gasteiger partial charge is 0.188 e. The molecule has 0 fully saturated rings. The standard InChI is InChI=1S/C15H18N4S2/c1-8-7-9(2)17-14(12(8)13(16)20)19-15-18-10-5-3-4-6-11(10)21-15/h7H,3-6H2,1-2H3,(H2,16,20)(H,17,18,19). The molecule has 1 aliphatic rings. The molecule has 2 heterocycles. The quantitative estimate of drug-likeness (QED) is 0.849. The highest BCUT2D eigenvalue weighted by molar-refractivity contribution is 7.80. The van der Waals surface area contributed by atoms with Crippen molar-refractivity contribution in [3.63, 3.8) is 0 Å².